The van der Waals surface area contributed by atoms with Crippen LogP contribution in [0.2, 0.25) is 0 Å². The molecular weight excluding hydrogens is 365 g/mol. The number of nitrogens with one attached hydrogen (secondary N) is 1. The van der Waals surface area contributed by atoms with Crippen molar-refractivity contribution in [1.82, 2.24) is 15.5 Å². The lowest BCUT2D eigenvalue weighted by Gasteiger charge is -2.16. The Labute approximate surface area is 153 Å². The average Bonchev–Trinajstić information content (AvgIpc) is 3.08. The number of carbonyl (C=O) groups excluding carboxylic acids is 1. The van der Waals surface area contributed by atoms with Gasteiger partial charge < -0.3 is 14.7 Å². The van der Waals surface area contributed by atoms with E-state index < -0.39 is 17.7 Å². The van der Waals surface area contributed by atoms with Crippen molar-refractivity contribution in [2.24, 2.45) is 5.16 Å². The van der Waals surface area contributed by atoms with Crippen molar-refractivity contribution in [2.45, 2.75) is 39.5 Å². The number of benzene rings is 1. The number of hydrogen-bond donors (Lipinski definition) is 1. The fraction of sp³-hybridized carbons (Fsp3) is 0.412. The van der Waals surface area contributed by atoms with Crippen molar-refractivity contribution in [3.05, 3.63) is 35.7 Å². The smallest absolute Gasteiger partial charge is 0.390 e. The summed E-state index contributed by atoms with van der Waals surface area (Å²) in [5.74, 6) is -2.00. The second kappa shape index (κ2) is 7.77. The summed E-state index contributed by atoms with van der Waals surface area (Å²) in [6.07, 6.45) is -4.71. The van der Waals surface area contributed by atoms with E-state index in [1.165, 1.54) is 24.3 Å². The van der Waals surface area contributed by atoms with E-state index in [9.17, 15) is 18.0 Å². The van der Waals surface area contributed by atoms with Gasteiger partial charge in [0.05, 0.1) is 12.3 Å². The number of nitrogens with zero attached hydrogens (tertiary/aromatic N) is 3. The van der Waals surface area contributed by atoms with Crippen LogP contribution in [0, 0.1) is 0 Å². The van der Waals surface area contributed by atoms with Crippen molar-refractivity contribution < 1.29 is 27.3 Å². The molecule has 10 heteroatoms. The van der Waals surface area contributed by atoms with E-state index in [1.54, 1.807) is 6.92 Å². The van der Waals surface area contributed by atoms with Crippen LogP contribution in [0.15, 0.2) is 33.9 Å². The standard InChI is InChI=1S/C17H19F3N4O3/c1-10(23-27-16(2,3)4)9-21-14(25)12-7-5-11(6-8-12)13-22-15(26-24-13)17(18,19)20/h5-8H,9H2,1-4H3,(H,21,25)/b23-10+. The molecule has 2 aromatic rings. The highest BCUT2D eigenvalue weighted by atomic mass is 19.4. The molecule has 1 aromatic heterocycles. The Hall–Kier alpha value is -2.91. The van der Waals surface area contributed by atoms with Crippen LogP contribution in [0.4, 0.5) is 13.2 Å². The zero-order valence-electron chi connectivity index (χ0n) is 15.2. The zero-order chi connectivity index (χ0) is 20.2. The van der Waals surface area contributed by atoms with Gasteiger partial charge in [0.2, 0.25) is 5.82 Å². The molecule has 0 bridgehead atoms. The van der Waals surface area contributed by atoms with Crippen molar-refractivity contribution in [2.75, 3.05) is 6.54 Å². The number of aromatic nitrogens is 2. The minimum atomic E-state index is -4.71. The molecule has 0 aliphatic rings. The molecule has 146 valence electrons. The zero-order valence-corrected chi connectivity index (χ0v) is 15.2. The minimum absolute atomic E-state index is 0.191. The lowest BCUT2D eigenvalue weighted by molar-refractivity contribution is -0.159. The van der Waals surface area contributed by atoms with Crippen LogP contribution in [0.1, 0.15) is 43.9 Å². The minimum Gasteiger partial charge on any atom is -0.390 e. The number of alkyl halides is 3. The second-order valence-corrected chi connectivity index (χ2v) is 6.71. The number of hydrogen-bond acceptors (Lipinski definition) is 6. The maximum absolute atomic E-state index is 12.5. The maximum Gasteiger partial charge on any atom is 0.471 e. The van der Waals surface area contributed by atoms with Crippen LogP contribution < -0.4 is 5.32 Å². The molecule has 7 nitrogen and oxygen atoms in total. The van der Waals surface area contributed by atoms with Gasteiger partial charge in [0.15, 0.2) is 0 Å². The highest BCUT2D eigenvalue weighted by Gasteiger charge is 2.38. The molecule has 1 aromatic carbocycles. The molecule has 27 heavy (non-hydrogen) atoms. The first-order valence-corrected chi connectivity index (χ1v) is 7.97. The van der Waals surface area contributed by atoms with Gasteiger partial charge >= 0.3 is 12.1 Å². The van der Waals surface area contributed by atoms with Crippen molar-refractivity contribution in [3.8, 4) is 11.4 Å². The van der Waals surface area contributed by atoms with Gasteiger partial charge in [0.1, 0.15) is 5.60 Å². The van der Waals surface area contributed by atoms with Crippen LogP contribution in [-0.2, 0) is 11.0 Å². The molecule has 0 saturated carbocycles. The summed E-state index contributed by atoms with van der Waals surface area (Å²) in [6, 6.07) is 5.77. The van der Waals surface area contributed by atoms with Gasteiger partial charge in [-0.05, 0) is 39.8 Å². The Bertz CT molecular complexity index is 821. The number of amides is 1. The molecule has 2 rings (SSSR count). The summed E-state index contributed by atoms with van der Waals surface area (Å²) in [5.41, 5.74) is 0.772. The molecular formula is C17H19F3N4O3. The summed E-state index contributed by atoms with van der Waals surface area (Å²) >= 11 is 0. The van der Waals surface area contributed by atoms with Gasteiger partial charge in [-0.25, -0.2) is 0 Å². The van der Waals surface area contributed by atoms with Crippen LogP contribution in [0.3, 0.4) is 0 Å². The van der Waals surface area contributed by atoms with Crippen LogP contribution >= 0.6 is 0 Å². The van der Waals surface area contributed by atoms with E-state index in [2.05, 4.69) is 25.1 Å². The first kappa shape index (κ1) is 20.4. The molecule has 0 spiro atoms. The summed E-state index contributed by atoms with van der Waals surface area (Å²) < 4.78 is 41.7. The quantitative estimate of drug-likeness (QED) is 0.627. The highest BCUT2D eigenvalue weighted by molar-refractivity contribution is 5.97. The summed E-state index contributed by atoms with van der Waals surface area (Å²) in [6.45, 7) is 7.46. The number of oxime groups is 1. The van der Waals surface area contributed by atoms with Gasteiger partial charge in [-0.3, -0.25) is 4.79 Å². The molecule has 0 aliphatic carbocycles. The number of halogens is 3. The predicted molar refractivity (Wildman–Crippen MR) is 91.0 cm³/mol. The predicted octanol–water partition coefficient (Wildman–Crippen LogP) is 3.68. The number of carbonyl (C=O) groups is 1. The SMILES string of the molecule is C/C(CNC(=O)c1ccc(-c2noc(C(F)(F)F)n2)cc1)=N\OC(C)(C)C. The van der Waals surface area contributed by atoms with Gasteiger partial charge in [-0.2, -0.15) is 18.2 Å². The third kappa shape index (κ3) is 6.08. The lowest BCUT2D eigenvalue weighted by Crippen LogP contribution is -2.29. The molecule has 0 aliphatic heterocycles. The van der Waals surface area contributed by atoms with Crippen LogP contribution in [0.5, 0.6) is 0 Å². The Morgan fingerprint density at radius 3 is 2.37 bits per heavy atom. The van der Waals surface area contributed by atoms with E-state index >= 15 is 0 Å². The molecule has 0 saturated heterocycles. The fourth-order valence-electron chi connectivity index (χ4n) is 1.78. The second-order valence-electron chi connectivity index (χ2n) is 6.71. The van der Waals surface area contributed by atoms with Crippen molar-refractivity contribution >= 4 is 11.6 Å². The Morgan fingerprint density at radius 1 is 1.22 bits per heavy atom. The molecule has 1 heterocycles. The van der Waals surface area contributed by atoms with Crippen molar-refractivity contribution in [3.63, 3.8) is 0 Å². The van der Waals surface area contributed by atoms with E-state index in [0.29, 0.717) is 16.8 Å². The average molecular weight is 384 g/mol. The third-order valence-electron chi connectivity index (χ3n) is 3.05. The monoisotopic (exact) mass is 384 g/mol. The number of rotatable bonds is 5. The van der Waals surface area contributed by atoms with E-state index in [1.807, 2.05) is 20.8 Å². The Morgan fingerprint density at radius 2 is 1.85 bits per heavy atom. The highest BCUT2D eigenvalue weighted by Crippen LogP contribution is 2.29. The molecule has 1 N–H and O–H groups in total. The maximum atomic E-state index is 12.5. The molecule has 1 amide bonds. The molecule has 0 unspecified atom stereocenters. The Kier molecular flexibility index (Phi) is 5.87. The molecule has 0 atom stereocenters. The van der Waals surface area contributed by atoms with Gasteiger partial charge in [-0.15, -0.1) is 0 Å². The molecule has 0 fully saturated rings. The van der Waals surface area contributed by atoms with Crippen LogP contribution in [-0.4, -0.2) is 33.9 Å². The van der Waals surface area contributed by atoms with Crippen molar-refractivity contribution in [1.29, 1.82) is 0 Å². The normalized spacial score (nSPS) is 12.8. The molecule has 0 radical (unpaired) electrons. The summed E-state index contributed by atoms with van der Waals surface area (Å²) in [7, 11) is 0. The van der Waals surface area contributed by atoms with E-state index in [-0.39, 0.29) is 18.3 Å². The van der Waals surface area contributed by atoms with E-state index in [4.69, 9.17) is 4.84 Å². The first-order chi connectivity index (χ1) is 12.5. The van der Waals surface area contributed by atoms with Crippen LogP contribution in [0.25, 0.3) is 11.4 Å². The van der Waals surface area contributed by atoms with E-state index in [0.717, 1.165) is 0 Å². The lowest BCUT2D eigenvalue weighted by atomic mass is 10.1. The summed E-state index contributed by atoms with van der Waals surface area (Å²) in [4.78, 5) is 20.7. The summed E-state index contributed by atoms with van der Waals surface area (Å²) in [5, 5.41) is 9.88. The topological polar surface area (TPSA) is 89.6 Å². The van der Waals surface area contributed by atoms with Gasteiger partial charge in [0, 0.05) is 11.1 Å². The first-order valence-electron chi connectivity index (χ1n) is 7.97. The Balaban J connectivity index is 1.98. The fourth-order valence-corrected chi connectivity index (χ4v) is 1.78. The largest absolute Gasteiger partial charge is 0.471 e. The van der Waals surface area contributed by atoms with Gasteiger partial charge in [0.25, 0.3) is 5.91 Å². The van der Waals surface area contributed by atoms with Gasteiger partial charge in [-0.1, -0.05) is 22.4 Å². The third-order valence-corrected chi connectivity index (χ3v) is 3.05.